The molecule has 1 heterocycles. The molecule has 0 amide bonds. The summed E-state index contributed by atoms with van der Waals surface area (Å²) in [5.41, 5.74) is 4.40. The van der Waals surface area contributed by atoms with Crippen molar-refractivity contribution >= 4 is 17.0 Å². The number of anilines is 1. The van der Waals surface area contributed by atoms with Crippen molar-refractivity contribution in [3.05, 3.63) is 53.6 Å². The first-order valence-corrected chi connectivity index (χ1v) is 8.72. The van der Waals surface area contributed by atoms with Crippen LogP contribution in [0.4, 0.5) is 5.95 Å². The molecule has 3 rings (SSSR count). The van der Waals surface area contributed by atoms with Gasteiger partial charge in [0, 0.05) is 5.56 Å². The lowest BCUT2D eigenvalue weighted by Gasteiger charge is -2.06. The topological polar surface area (TPSA) is 51.9 Å². The van der Waals surface area contributed by atoms with E-state index in [4.69, 9.17) is 0 Å². The summed E-state index contributed by atoms with van der Waals surface area (Å²) in [7, 11) is 0. The molecule has 0 saturated heterocycles. The maximum absolute atomic E-state index is 10.0. The number of phenols is 1. The first-order chi connectivity index (χ1) is 11.7. The molecule has 0 spiro atoms. The number of nitrogens with zero attached hydrogens (tertiary/aromatic N) is 1. The highest BCUT2D eigenvalue weighted by atomic mass is 16.3. The first-order valence-electron chi connectivity index (χ1n) is 8.72. The number of imidazole rings is 1. The molecule has 3 aromatic rings. The number of unbranched alkanes of at least 4 members (excludes halogenated alkanes) is 2. The van der Waals surface area contributed by atoms with Crippen LogP contribution in [0, 0.1) is 6.92 Å². The third kappa shape index (κ3) is 3.53. The number of phenolic OH excluding ortho intramolecular Hbond substituents is 1. The van der Waals surface area contributed by atoms with Gasteiger partial charge in [0.25, 0.3) is 0 Å². The number of nitrogens with one attached hydrogen (secondary N) is 2. The number of H-pyrrole nitrogens is 1. The van der Waals surface area contributed by atoms with E-state index in [0.29, 0.717) is 12.3 Å². The fraction of sp³-hybridized carbons (Fsp3) is 0.350. The van der Waals surface area contributed by atoms with Crippen molar-refractivity contribution in [3.8, 4) is 5.75 Å². The molecule has 3 N–H and O–H groups in total. The van der Waals surface area contributed by atoms with Gasteiger partial charge in [-0.2, -0.15) is 0 Å². The van der Waals surface area contributed by atoms with Gasteiger partial charge in [0.05, 0.1) is 13.1 Å². The highest BCUT2D eigenvalue weighted by Crippen LogP contribution is 2.20. The maximum atomic E-state index is 10.0. The lowest BCUT2D eigenvalue weighted by Crippen LogP contribution is -2.36. The second kappa shape index (κ2) is 7.39. The summed E-state index contributed by atoms with van der Waals surface area (Å²) in [6.07, 6.45) is 3.60. The van der Waals surface area contributed by atoms with E-state index in [1.807, 2.05) is 25.1 Å². The number of aryl methyl sites for hydroxylation is 2. The molecule has 0 unspecified atom stereocenters. The van der Waals surface area contributed by atoms with Gasteiger partial charge in [-0.1, -0.05) is 43.5 Å². The molecule has 0 atom stereocenters. The third-order valence-electron chi connectivity index (χ3n) is 4.38. The van der Waals surface area contributed by atoms with Crippen LogP contribution >= 0.6 is 0 Å². The zero-order valence-electron chi connectivity index (χ0n) is 14.5. The van der Waals surface area contributed by atoms with Crippen LogP contribution in [-0.2, 0) is 13.1 Å². The van der Waals surface area contributed by atoms with Gasteiger partial charge in [-0.3, -0.25) is 5.32 Å². The Morgan fingerprint density at radius 1 is 1.12 bits per heavy atom. The highest BCUT2D eigenvalue weighted by Gasteiger charge is 2.17. The van der Waals surface area contributed by atoms with E-state index in [-0.39, 0.29) is 0 Å². The van der Waals surface area contributed by atoms with Gasteiger partial charge in [0.2, 0.25) is 0 Å². The van der Waals surface area contributed by atoms with Crippen molar-refractivity contribution in [2.24, 2.45) is 0 Å². The molecule has 0 bridgehead atoms. The van der Waals surface area contributed by atoms with Crippen LogP contribution in [-0.4, -0.2) is 10.1 Å². The Kier molecular flexibility index (Phi) is 5.04. The number of rotatable bonds is 7. The molecule has 24 heavy (non-hydrogen) atoms. The zero-order valence-corrected chi connectivity index (χ0v) is 14.5. The van der Waals surface area contributed by atoms with E-state index in [2.05, 4.69) is 40.0 Å². The number of hydrogen-bond donors (Lipinski definition) is 3. The molecule has 0 aliphatic carbocycles. The van der Waals surface area contributed by atoms with Crippen LogP contribution in [0.5, 0.6) is 5.75 Å². The minimum Gasteiger partial charge on any atom is -0.508 e. The molecule has 4 nitrogen and oxygen atoms in total. The molecule has 2 aromatic carbocycles. The van der Waals surface area contributed by atoms with E-state index < -0.39 is 0 Å². The summed E-state index contributed by atoms with van der Waals surface area (Å²) >= 11 is 0. The summed E-state index contributed by atoms with van der Waals surface area (Å²) < 4.78 is 2.30. The van der Waals surface area contributed by atoms with E-state index in [9.17, 15) is 5.11 Å². The van der Waals surface area contributed by atoms with Gasteiger partial charge >= 0.3 is 5.95 Å². The molecule has 0 radical (unpaired) electrons. The predicted octanol–water partition coefficient (Wildman–Crippen LogP) is 4.27. The van der Waals surface area contributed by atoms with Gasteiger partial charge in [0.1, 0.15) is 16.8 Å². The Morgan fingerprint density at radius 3 is 2.79 bits per heavy atom. The standard InChI is InChI=1S/C20H25N3O/c1-3-4-7-12-23-18-9-6-5-8-17(18)22-20(23)21-14-16-13-15(2)10-11-19(16)24/h5-6,8-11,13H,3-4,7,12,14H2,1-2H3,(H2,21,22,24)/p+1. The fourth-order valence-corrected chi connectivity index (χ4v) is 3.06. The van der Waals surface area contributed by atoms with Crippen LogP contribution < -0.4 is 9.88 Å². The molecule has 0 aliphatic heterocycles. The number of benzene rings is 2. The van der Waals surface area contributed by atoms with Gasteiger partial charge in [-0.15, -0.1) is 0 Å². The number of hydrogen-bond acceptors (Lipinski definition) is 2. The molecular weight excluding hydrogens is 298 g/mol. The molecular formula is C20H26N3O+. The number of fused-ring (bicyclic) bond motifs is 1. The number of para-hydroxylation sites is 2. The van der Waals surface area contributed by atoms with Crippen LogP contribution in [0.3, 0.4) is 0 Å². The Labute approximate surface area is 143 Å². The number of aromatic nitrogens is 2. The van der Waals surface area contributed by atoms with E-state index in [0.717, 1.165) is 35.6 Å². The molecule has 4 heteroatoms. The Hall–Kier alpha value is -2.49. The first kappa shape index (κ1) is 16.4. The SMILES string of the molecule is CCCCC[n+]1c(NCc2cc(C)ccc2O)[nH]c2ccccc21. The van der Waals surface area contributed by atoms with Crippen LogP contribution in [0.15, 0.2) is 42.5 Å². The van der Waals surface area contributed by atoms with Gasteiger partial charge in [-0.25, -0.2) is 9.55 Å². The summed E-state index contributed by atoms with van der Waals surface area (Å²) in [5.74, 6) is 1.33. The van der Waals surface area contributed by atoms with Crippen molar-refractivity contribution in [2.45, 2.75) is 46.2 Å². The second-order valence-electron chi connectivity index (χ2n) is 6.34. The summed E-state index contributed by atoms with van der Waals surface area (Å²) in [4.78, 5) is 3.47. The molecule has 0 saturated carbocycles. The summed E-state index contributed by atoms with van der Waals surface area (Å²) in [5, 5.41) is 13.5. The molecule has 0 aliphatic rings. The van der Waals surface area contributed by atoms with Crippen molar-refractivity contribution < 1.29 is 9.67 Å². The molecule has 0 fully saturated rings. The zero-order chi connectivity index (χ0) is 16.9. The fourth-order valence-electron chi connectivity index (χ4n) is 3.06. The Bertz CT molecular complexity index is 823. The summed E-state index contributed by atoms with van der Waals surface area (Å²) in [6.45, 7) is 5.84. The quantitative estimate of drug-likeness (QED) is 0.449. The lowest BCUT2D eigenvalue weighted by molar-refractivity contribution is -0.657. The average molecular weight is 324 g/mol. The van der Waals surface area contributed by atoms with E-state index in [1.165, 1.54) is 18.4 Å². The number of aromatic hydroxyl groups is 1. The predicted molar refractivity (Wildman–Crippen MR) is 98.2 cm³/mol. The van der Waals surface area contributed by atoms with Crippen molar-refractivity contribution in [1.29, 1.82) is 0 Å². The Balaban J connectivity index is 1.85. The smallest absolute Gasteiger partial charge is 0.356 e. The van der Waals surface area contributed by atoms with Gasteiger partial charge < -0.3 is 5.11 Å². The monoisotopic (exact) mass is 324 g/mol. The third-order valence-corrected chi connectivity index (χ3v) is 4.38. The van der Waals surface area contributed by atoms with Crippen molar-refractivity contribution in [3.63, 3.8) is 0 Å². The van der Waals surface area contributed by atoms with E-state index >= 15 is 0 Å². The number of aromatic amines is 1. The van der Waals surface area contributed by atoms with Gasteiger partial charge in [-0.05, 0) is 37.6 Å². The minimum absolute atomic E-state index is 0.335. The lowest BCUT2D eigenvalue weighted by atomic mass is 10.1. The normalized spacial score (nSPS) is 11.1. The van der Waals surface area contributed by atoms with Crippen molar-refractivity contribution in [1.82, 2.24) is 4.98 Å². The van der Waals surface area contributed by atoms with Crippen LogP contribution in [0.25, 0.3) is 11.0 Å². The Morgan fingerprint density at radius 2 is 1.96 bits per heavy atom. The van der Waals surface area contributed by atoms with Crippen molar-refractivity contribution in [2.75, 3.05) is 5.32 Å². The molecule has 126 valence electrons. The van der Waals surface area contributed by atoms with Crippen LogP contribution in [0.1, 0.15) is 37.3 Å². The van der Waals surface area contributed by atoms with E-state index in [1.54, 1.807) is 6.07 Å². The second-order valence-corrected chi connectivity index (χ2v) is 6.34. The highest BCUT2D eigenvalue weighted by molar-refractivity contribution is 5.72. The minimum atomic E-state index is 0.335. The largest absolute Gasteiger partial charge is 0.508 e. The molecule has 1 aromatic heterocycles. The summed E-state index contributed by atoms with van der Waals surface area (Å²) in [6, 6.07) is 14.1. The maximum Gasteiger partial charge on any atom is 0.356 e. The van der Waals surface area contributed by atoms with Crippen LogP contribution in [0.2, 0.25) is 0 Å². The average Bonchev–Trinajstić information content (AvgIpc) is 2.94. The van der Waals surface area contributed by atoms with Gasteiger partial charge in [0.15, 0.2) is 0 Å².